The molecule has 0 aliphatic rings. The van der Waals surface area contributed by atoms with Crippen molar-refractivity contribution in [2.75, 3.05) is 7.11 Å². The van der Waals surface area contributed by atoms with Crippen molar-refractivity contribution in [2.45, 2.75) is 38.8 Å². The number of hydrogen-bond donors (Lipinski definition) is 2. The molecule has 0 amide bonds. The zero-order valence-corrected chi connectivity index (χ0v) is 10.9. The van der Waals surface area contributed by atoms with E-state index in [0.29, 0.717) is 12.3 Å². The summed E-state index contributed by atoms with van der Waals surface area (Å²) in [6.45, 7) is 4.17. The second-order valence-corrected chi connectivity index (χ2v) is 4.92. The van der Waals surface area contributed by atoms with Crippen molar-refractivity contribution in [3.8, 4) is 5.75 Å². The van der Waals surface area contributed by atoms with Crippen molar-refractivity contribution in [1.82, 2.24) is 0 Å². The van der Waals surface area contributed by atoms with Crippen LogP contribution in [-0.2, 0) is 6.42 Å². The molecule has 17 heavy (non-hydrogen) atoms. The van der Waals surface area contributed by atoms with Gasteiger partial charge in [-0.15, -0.1) is 0 Å². The SMILES string of the molecule is COc1cccc(CC(N)C(O)CC(C)C)c1. The summed E-state index contributed by atoms with van der Waals surface area (Å²) in [6.07, 6.45) is 0.970. The van der Waals surface area contributed by atoms with Crippen molar-refractivity contribution in [3.63, 3.8) is 0 Å². The van der Waals surface area contributed by atoms with Gasteiger partial charge in [-0.05, 0) is 36.5 Å². The Bertz CT molecular complexity index is 339. The molecule has 0 saturated carbocycles. The largest absolute Gasteiger partial charge is 0.497 e. The molecule has 0 saturated heterocycles. The van der Waals surface area contributed by atoms with Gasteiger partial charge in [-0.3, -0.25) is 0 Å². The summed E-state index contributed by atoms with van der Waals surface area (Å²) in [7, 11) is 1.65. The van der Waals surface area contributed by atoms with Crippen LogP contribution in [0.5, 0.6) is 5.75 Å². The molecule has 3 nitrogen and oxygen atoms in total. The molecule has 1 aromatic rings. The van der Waals surface area contributed by atoms with E-state index in [1.165, 1.54) is 0 Å². The number of nitrogens with two attached hydrogens (primary N) is 1. The molecule has 0 aliphatic carbocycles. The van der Waals surface area contributed by atoms with E-state index in [1.807, 2.05) is 24.3 Å². The highest BCUT2D eigenvalue weighted by molar-refractivity contribution is 5.29. The van der Waals surface area contributed by atoms with E-state index in [1.54, 1.807) is 7.11 Å². The standard InChI is InChI=1S/C14H23NO2/c1-10(2)7-14(16)13(15)9-11-5-4-6-12(8-11)17-3/h4-6,8,10,13-14,16H,7,9,15H2,1-3H3. The second-order valence-electron chi connectivity index (χ2n) is 4.92. The van der Waals surface area contributed by atoms with Crippen molar-refractivity contribution in [1.29, 1.82) is 0 Å². The van der Waals surface area contributed by atoms with Crippen LogP contribution in [0.25, 0.3) is 0 Å². The van der Waals surface area contributed by atoms with Gasteiger partial charge in [0.1, 0.15) is 5.75 Å². The molecule has 2 unspecified atom stereocenters. The number of benzene rings is 1. The number of aliphatic hydroxyl groups is 1. The molecule has 3 heteroatoms. The van der Waals surface area contributed by atoms with Gasteiger partial charge in [-0.25, -0.2) is 0 Å². The summed E-state index contributed by atoms with van der Waals surface area (Å²) in [4.78, 5) is 0. The molecule has 1 aromatic carbocycles. The Morgan fingerprint density at radius 3 is 2.65 bits per heavy atom. The number of hydrogen-bond acceptors (Lipinski definition) is 3. The maximum absolute atomic E-state index is 9.92. The Balaban J connectivity index is 2.57. The van der Waals surface area contributed by atoms with Crippen molar-refractivity contribution >= 4 is 0 Å². The summed E-state index contributed by atoms with van der Waals surface area (Å²) < 4.78 is 5.16. The number of methoxy groups -OCH3 is 1. The lowest BCUT2D eigenvalue weighted by Crippen LogP contribution is -2.37. The predicted octanol–water partition coefficient (Wildman–Crippen LogP) is 1.97. The molecule has 0 fully saturated rings. The average molecular weight is 237 g/mol. The fraction of sp³-hybridized carbons (Fsp3) is 0.571. The van der Waals surface area contributed by atoms with Crippen LogP contribution < -0.4 is 10.5 Å². The first-order valence-corrected chi connectivity index (χ1v) is 6.09. The highest BCUT2D eigenvalue weighted by atomic mass is 16.5. The van der Waals surface area contributed by atoms with Crippen LogP contribution >= 0.6 is 0 Å². The molecule has 2 atom stereocenters. The van der Waals surface area contributed by atoms with E-state index in [0.717, 1.165) is 17.7 Å². The Labute approximate surface area is 104 Å². The third kappa shape index (κ3) is 4.75. The summed E-state index contributed by atoms with van der Waals surface area (Å²) in [5, 5.41) is 9.92. The summed E-state index contributed by atoms with van der Waals surface area (Å²) >= 11 is 0. The van der Waals surface area contributed by atoms with Crippen LogP contribution in [0.3, 0.4) is 0 Å². The zero-order valence-electron chi connectivity index (χ0n) is 10.9. The van der Waals surface area contributed by atoms with E-state index < -0.39 is 6.10 Å². The van der Waals surface area contributed by atoms with Gasteiger partial charge >= 0.3 is 0 Å². The van der Waals surface area contributed by atoms with Crippen LogP contribution in [0.4, 0.5) is 0 Å². The molecule has 3 N–H and O–H groups in total. The van der Waals surface area contributed by atoms with E-state index in [2.05, 4.69) is 13.8 Å². The zero-order chi connectivity index (χ0) is 12.8. The molecule has 0 heterocycles. The first-order valence-electron chi connectivity index (χ1n) is 6.09. The fourth-order valence-corrected chi connectivity index (χ4v) is 1.87. The van der Waals surface area contributed by atoms with Crippen molar-refractivity contribution in [3.05, 3.63) is 29.8 Å². The molecule has 1 rings (SSSR count). The van der Waals surface area contributed by atoms with Crippen LogP contribution in [0.2, 0.25) is 0 Å². The van der Waals surface area contributed by atoms with Gasteiger partial charge in [-0.2, -0.15) is 0 Å². The molecular weight excluding hydrogens is 214 g/mol. The maximum atomic E-state index is 9.92. The Kier molecular flexibility index (Phi) is 5.45. The van der Waals surface area contributed by atoms with Gasteiger partial charge in [0.05, 0.1) is 13.2 Å². The van der Waals surface area contributed by atoms with Gasteiger partial charge < -0.3 is 15.6 Å². The lowest BCUT2D eigenvalue weighted by atomic mass is 9.96. The second kappa shape index (κ2) is 6.62. The third-order valence-electron chi connectivity index (χ3n) is 2.81. The molecule has 96 valence electrons. The minimum absolute atomic E-state index is 0.218. The molecule has 0 aliphatic heterocycles. The lowest BCUT2D eigenvalue weighted by Gasteiger charge is -2.20. The normalized spacial score (nSPS) is 14.7. The molecule has 0 bridgehead atoms. The number of aliphatic hydroxyl groups excluding tert-OH is 1. The predicted molar refractivity (Wildman–Crippen MR) is 70.1 cm³/mol. The monoisotopic (exact) mass is 237 g/mol. The molecule has 0 aromatic heterocycles. The summed E-state index contributed by atoms with van der Waals surface area (Å²) in [5.41, 5.74) is 7.10. The lowest BCUT2D eigenvalue weighted by molar-refractivity contribution is 0.120. The van der Waals surface area contributed by atoms with E-state index in [4.69, 9.17) is 10.5 Å². The van der Waals surface area contributed by atoms with Gasteiger partial charge in [0.15, 0.2) is 0 Å². The Morgan fingerprint density at radius 2 is 2.06 bits per heavy atom. The Hall–Kier alpha value is -1.06. The summed E-state index contributed by atoms with van der Waals surface area (Å²) in [6, 6.07) is 7.59. The molecule has 0 spiro atoms. The van der Waals surface area contributed by atoms with Crippen LogP contribution in [0.15, 0.2) is 24.3 Å². The van der Waals surface area contributed by atoms with Crippen molar-refractivity contribution in [2.24, 2.45) is 11.7 Å². The first kappa shape index (κ1) is 14.0. The van der Waals surface area contributed by atoms with Gasteiger partial charge in [0, 0.05) is 6.04 Å². The average Bonchev–Trinajstić information content (AvgIpc) is 2.28. The van der Waals surface area contributed by atoms with Crippen molar-refractivity contribution < 1.29 is 9.84 Å². The first-order chi connectivity index (χ1) is 8.02. The quantitative estimate of drug-likeness (QED) is 0.795. The fourth-order valence-electron chi connectivity index (χ4n) is 1.87. The highest BCUT2D eigenvalue weighted by Crippen LogP contribution is 2.16. The molecule has 0 radical (unpaired) electrons. The van der Waals surface area contributed by atoms with Crippen LogP contribution in [0, 0.1) is 5.92 Å². The maximum Gasteiger partial charge on any atom is 0.119 e. The number of rotatable bonds is 6. The topological polar surface area (TPSA) is 55.5 Å². The minimum atomic E-state index is -0.443. The minimum Gasteiger partial charge on any atom is -0.497 e. The Morgan fingerprint density at radius 1 is 1.35 bits per heavy atom. The summed E-state index contributed by atoms with van der Waals surface area (Å²) in [5.74, 6) is 1.29. The highest BCUT2D eigenvalue weighted by Gasteiger charge is 2.16. The van der Waals surface area contributed by atoms with Gasteiger partial charge in [0.25, 0.3) is 0 Å². The van der Waals surface area contributed by atoms with Crippen LogP contribution in [0.1, 0.15) is 25.8 Å². The van der Waals surface area contributed by atoms with E-state index >= 15 is 0 Å². The van der Waals surface area contributed by atoms with E-state index in [-0.39, 0.29) is 6.04 Å². The molecular formula is C14H23NO2. The smallest absolute Gasteiger partial charge is 0.119 e. The van der Waals surface area contributed by atoms with E-state index in [9.17, 15) is 5.11 Å². The third-order valence-corrected chi connectivity index (χ3v) is 2.81. The van der Waals surface area contributed by atoms with Gasteiger partial charge in [-0.1, -0.05) is 26.0 Å². The number of ether oxygens (including phenoxy) is 1. The van der Waals surface area contributed by atoms with Crippen LogP contribution in [-0.4, -0.2) is 24.4 Å². The van der Waals surface area contributed by atoms with Gasteiger partial charge in [0.2, 0.25) is 0 Å².